The van der Waals surface area contributed by atoms with E-state index in [2.05, 4.69) is 15.0 Å². The van der Waals surface area contributed by atoms with Gasteiger partial charge in [0.25, 0.3) is 0 Å². The van der Waals surface area contributed by atoms with Crippen molar-refractivity contribution in [2.45, 2.75) is 24.2 Å². The summed E-state index contributed by atoms with van der Waals surface area (Å²) in [5.41, 5.74) is 5.99. The van der Waals surface area contributed by atoms with E-state index in [9.17, 15) is 10.2 Å². The van der Waals surface area contributed by atoms with Crippen molar-refractivity contribution in [2.75, 3.05) is 18.9 Å². The number of ether oxygens (including phenoxy) is 1. The number of fused-ring (bicyclic) bond motifs is 2. The number of rotatable bonds is 2. The fourth-order valence-corrected chi connectivity index (χ4v) is 4.26. The Balaban J connectivity index is 1.69. The second kappa shape index (κ2) is 3.34. The summed E-state index contributed by atoms with van der Waals surface area (Å²) in [5, 5.41) is 20.3. The monoisotopic (exact) mass is 289 g/mol. The van der Waals surface area contributed by atoms with Gasteiger partial charge in [-0.05, 0) is 12.3 Å². The molecule has 110 valence electrons. The molecule has 3 fully saturated rings. The van der Waals surface area contributed by atoms with E-state index < -0.39 is 17.1 Å². The third-order valence-electron chi connectivity index (χ3n) is 5.53. The molecule has 1 aliphatic heterocycles. The maximum absolute atomic E-state index is 10.6. The third-order valence-corrected chi connectivity index (χ3v) is 5.53. The molecule has 4 N–H and O–H groups in total. The summed E-state index contributed by atoms with van der Waals surface area (Å²) in [6.07, 6.45) is 3.23. The zero-order valence-electron chi connectivity index (χ0n) is 11.2. The fraction of sp³-hybridized carbons (Fsp3) is 0.615. The molecule has 2 aromatic rings. The van der Waals surface area contributed by atoms with Gasteiger partial charge in [-0.3, -0.25) is 0 Å². The van der Waals surface area contributed by atoms with Gasteiger partial charge in [0.1, 0.15) is 17.4 Å². The average molecular weight is 289 g/mol. The Morgan fingerprint density at radius 1 is 1.43 bits per heavy atom. The number of hydrogen-bond acceptors (Lipinski definition) is 7. The Kier molecular flexibility index (Phi) is 1.89. The summed E-state index contributed by atoms with van der Waals surface area (Å²) in [6, 6.07) is -0.0704. The van der Waals surface area contributed by atoms with Crippen molar-refractivity contribution < 1.29 is 14.9 Å². The van der Waals surface area contributed by atoms with Crippen LogP contribution in [-0.2, 0) is 4.74 Å². The van der Waals surface area contributed by atoms with Crippen LogP contribution in [0.3, 0.4) is 0 Å². The molecule has 5 atom stereocenters. The molecule has 8 nitrogen and oxygen atoms in total. The van der Waals surface area contributed by atoms with Gasteiger partial charge in [-0.1, -0.05) is 0 Å². The highest BCUT2D eigenvalue weighted by Crippen LogP contribution is 2.74. The second-order valence-electron chi connectivity index (χ2n) is 6.38. The van der Waals surface area contributed by atoms with Crippen LogP contribution in [0.4, 0.5) is 5.82 Å². The summed E-state index contributed by atoms with van der Waals surface area (Å²) in [6.45, 7) is 0.474. The van der Waals surface area contributed by atoms with E-state index in [1.54, 1.807) is 6.33 Å². The number of imidazole rings is 1. The first-order valence-electron chi connectivity index (χ1n) is 7.00. The second-order valence-corrected chi connectivity index (χ2v) is 6.38. The highest BCUT2D eigenvalue weighted by Gasteiger charge is 2.81. The minimum Gasteiger partial charge on any atom is -0.396 e. The molecule has 21 heavy (non-hydrogen) atoms. The maximum Gasteiger partial charge on any atom is 0.165 e. The van der Waals surface area contributed by atoms with Gasteiger partial charge in [0.2, 0.25) is 0 Å². The van der Waals surface area contributed by atoms with Crippen LogP contribution in [0.1, 0.15) is 12.5 Å². The molecule has 3 heterocycles. The maximum atomic E-state index is 10.6. The highest BCUT2D eigenvalue weighted by molar-refractivity contribution is 5.81. The zero-order chi connectivity index (χ0) is 14.4. The van der Waals surface area contributed by atoms with E-state index in [1.165, 1.54) is 6.33 Å². The Morgan fingerprint density at radius 3 is 2.95 bits per heavy atom. The van der Waals surface area contributed by atoms with E-state index in [-0.39, 0.29) is 18.6 Å². The largest absolute Gasteiger partial charge is 0.396 e. The van der Waals surface area contributed by atoms with E-state index in [0.29, 0.717) is 23.6 Å². The number of epoxide rings is 1. The number of anilines is 1. The number of hydrogen-bond donors (Lipinski definition) is 3. The van der Waals surface area contributed by atoms with Gasteiger partial charge in [-0.25, -0.2) is 15.0 Å². The molecular formula is C13H15N5O3. The number of nitrogens with zero attached hydrogens (tertiary/aromatic N) is 4. The van der Waals surface area contributed by atoms with Crippen LogP contribution >= 0.6 is 0 Å². The molecule has 0 amide bonds. The Bertz CT molecular complexity index is 757. The Labute approximate surface area is 119 Å². The van der Waals surface area contributed by atoms with Crippen molar-refractivity contribution in [1.82, 2.24) is 19.5 Å². The number of aromatic nitrogens is 4. The first-order valence-corrected chi connectivity index (χ1v) is 7.00. The average Bonchev–Trinajstić information content (AvgIpc) is 3.36. The van der Waals surface area contributed by atoms with Crippen molar-refractivity contribution in [3.63, 3.8) is 0 Å². The molecule has 0 aromatic carbocycles. The number of nitrogens with two attached hydrogens (primary N) is 1. The Hall–Kier alpha value is -1.77. The topological polar surface area (TPSA) is 123 Å². The molecular weight excluding hydrogens is 274 g/mol. The van der Waals surface area contributed by atoms with Crippen LogP contribution in [-0.4, -0.2) is 54.7 Å². The highest BCUT2D eigenvalue weighted by atomic mass is 16.6. The molecule has 0 radical (unpaired) electrons. The lowest BCUT2D eigenvalue weighted by molar-refractivity contribution is 0.00704. The molecule has 1 spiro atoms. The van der Waals surface area contributed by atoms with E-state index in [1.807, 2.05) is 4.57 Å². The summed E-state index contributed by atoms with van der Waals surface area (Å²) >= 11 is 0. The Morgan fingerprint density at radius 2 is 2.24 bits per heavy atom. The lowest BCUT2D eigenvalue weighted by atomic mass is 9.92. The fourth-order valence-electron chi connectivity index (χ4n) is 4.26. The SMILES string of the molecule is Nc1ncnc2c1ncn2[C@@H]1C2C[C@@]2(CO)C(O)[C@]12CO2. The normalized spacial score (nSPS) is 43.4. The van der Waals surface area contributed by atoms with Gasteiger partial charge in [0.15, 0.2) is 11.5 Å². The minimum absolute atomic E-state index is 0.0236. The van der Waals surface area contributed by atoms with Gasteiger partial charge in [-0.2, -0.15) is 0 Å². The standard InChI is InChI=1S/C13H15N5O3/c14-9-7-10(16-4-15-9)18(5-17-7)8-6-1-12(6,2-19)11(20)13(8)3-21-13/h4-6,8,11,19-20H,1-3H2,(H2,14,15,16)/t6?,8-,11?,12+,13+/m1/s1. The quantitative estimate of drug-likeness (QED) is 0.612. The molecule has 0 bridgehead atoms. The van der Waals surface area contributed by atoms with Gasteiger partial charge < -0.3 is 25.3 Å². The predicted octanol–water partition coefficient (Wildman–Crippen LogP) is -0.908. The predicted molar refractivity (Wildman–Crippen MR) is 71.1 cm³/mol. The summed E-state index contributed by atoms with van der Waals surface area (Å²) in [4.78, 5) is 12.5. The van der Waals surface area contributed by atoms with E-state index in [4.69, 9.17) is 10.5 Å². The number of aliphatic hydroxyl groups excluding tert-OH is 2. The van der Waals surface area contributed by atoms with Crippen LogP contribution in [0.25, 0.3) is 11.2 Å². The van der Waals surface area contributed by atoms with Crippen molar-refractivity contribution in [2.24, 2.45) is 11.3 Å². The summed E-state index contributed by atoms with van der Waals surface area (Å²) < 4.78 is 7.56. The van der Waals surface area contributed by atoms with Crippen molar-refractivity contribution >= 4 is 17.0 Å². The number of aliphatic hydroxyl groups is 2. The molecule has 2 unspecified atom stereocenters. The number of nitrogen functional groups attached to an aromatic ring is 1. The van der Waals surface area contributed by atoms with Gasteiger partial charge >= 0.3 is 0 Å². The zero-order valence-corrected chi connectivity index (χ0v) is 11.2. The van der Waals surface area contributed by atoms with Crippen molar-refractivity contribution in [3.05, 3.63) is 12.7 Å². The molecule has 8 heteroatoms. The minimum atomic E-state index is -0.651. The molecule has 5 rings (SSSR count). The van der Waals surface area contributed by atoms with Crippen LogP contribution < -0.4 is 5.73 Å². The molecule has 2 aliphatic carbocycles. The van der Waals surface area contributed by atoms with Gasteiger partial charge in [0, 0.05) is 5.41 Å². The van der Waals surface area contributed by atoms with E-state index >= 15 is 0 Å². The van der Waals surface area contributed by atoms with Crippen LogP contribution in [0.5, 0.6) is 0 Å². The lowest BCUT2D eigenvalue weighted by Gasteiger charge is -2.24. The summed E-state index contributed by atoms with van der Waals surface area (Å²) in [5.74, 6) is 0.515. The molecule has 3 aliphatic rings. The van der Waals surface area contributed by atoms with Gasteiger partial charge in [-0.15, -0.1) is 0 Å². The first kappa shape index (κ1) is 11.8. The molecule has 2 saturated carbocycles. The molecule has 1 saturated heterocycles. The molecule has 2 aromatic heterocycles. The van der Waals surface area contributed by atoms with Crippen LogP contribution in [0, 0.1) is 11.3 Å². The first-order chi connectivity index (χ1) is 10.1. The van der Waals surface area contributed by atoms with Crippen LogP contribution in [0.2, 0.25) is 0 Å². The van der Waals surface area contributed by atoms with Crippen molar-refractivity contribution in [3.8, 4) is 0 Å². The lowest BCUT2D eigenvalue weighted by Crippen LogP contribution is -2.39. The van der Waals surface area contributed by atoms with E-state index in [0.717, 1.165) is 6.42 Å². The smallest absolute Gasteiger partial charge is 0.165 e. The van der Waals surface area contributed by atoms with Crippen molar-refractivity contribution in [1.29, 1.82) is 0 Å². The van der Waals surface area contributed by atoms with Gasteiger partial charge in [0.05, 0.1) is 31.7 Å². The van der Waals surface area contributed by atoms with Crippen LogP contribution in [0.15, 0.2) is 12.7 Å². The third kappa shape index (κ3) is 1.16. The summed E-state index contributed by atoms with van der Waals surface area (Å²) in [7, 11) is 0.